The average molecular weight is 317 g/mol. The van der Waals surface area contributed by atoms with Gasteiger partial charge in [0.15, 0.2) is 6.61 Å². The number of amides is 1. The van der Waals surface area contributed by atoms with Crippen molar-refractivity contribution in [1.82, 2.24) is 4.90 Å². The van der Waals surface area contributed by atoms with Gasteiger partial charge in [-0.05, 0) is 37.3 Å². The summed E-state index contributed by atoms with van der Waals surface area (Å²) in [7, 11) is 1.38. The summed E-state index contributed by atoms with van der Waals surface area (Å²) in [6, 6.07) is 8.96. The number of hydrogen-bond donors (Lipinski definition) is 0. The molecule has 0 bridgehead atoms. The van der Waals surface area contributed by atoms with E-state index in [1.807, 2.05) is 30.3 Å². The molecule has 0 N–H and O–H groups in total. The van der Waals surface area contributed by atoms with Crippen LogP contribution >= 0.6 is 0 Å². The number of nitrogens with zero attached hydrogens (tertiary/aromatic N) is 1. The van der Waals surface area contributed by atoms with Crippen LogP contribution in [0.2, 0.25) is 0 Å². The molecule has 2 fully saturated rings. The summed E-state index contributed by atoms with van der Waals surface area (Å²) < 4.78 is 10.5. The van der Waals surface area contributed by atoms with Crippen LogP contribution in [-0.2, 0) is 14.3 Å². The van der Waals surface area contributed by atoms with Crippen molar-refractivity contribution in [3.63, 3.8) is 0 Å². The standard InChI is InChI=1S/C18H23NO4/c1-22-18(21)16-11-13-7-5-6-10-15(13)19(16)17(20)12-23-14-8-3-2-4-9-14/h2-4,8-9,13,15-16H,5-7,10-12H2,1H3/t13-,15-,16+/m0/s1. The van der Waals surface area contributed by atoms with Crippen LogP contribution in [-0.4, -0.2) is 42.6 Å². The fraction of sp³-hybridized carbons (Fsp3) is 0.556. The van der Waals surface area contributed by atoms with Crippen molar-refractivity contribution in [2.75, 3.05) is 13.7 Å². The van der Waals surface area contributed by atoms with E-state index < -0.39 is 6.04 Å². The molecule has 2 aliphatic rings. The molecule has 0 radical (unpaired) electrons. The van der Waals surface area contributed by atoms with Crippen molar-refractivity contribution < 1.29 is 19.1 Å². The van der Waals surface area contributed by atoms with Crippen molar-refractivity contribution in [2.24, 2.45) is 5.92 Å². The number of fused-ring (bicyclic) bond motifs is 1. The maximum Gasteiger partial charge on any atom is 0.328 e. The van der Waals surface area contributed by atoms with Gasteiger partial charge in [-0.25, -0.2) is 4.79 Å². The van der Waals surface area contributed by atoms with Crippen molar-refractivity contribution in [3.8, 4) is 5.75 Å². The molecule has 5 heteroatoms. The van der Waals surface area contributed by atoms with Crippen LogP contribution in [0.1, 0.15) is 32.1 Å². The summed E-state index contributed by atoms with van der Waals surface area (Å²) in [4.78, 5) is 26.5. The van der Waals surface area contributed by atoms with Crippen LogP contribution in [0.3, 0.4) is 0 Å². The zero-order chi connectivity index (χ0) is 16.2. The molecule has 1 aromatic rings. The van der Waals surface area contributed by atoms with Crippen molar-refractivity contribution in [2.45, 2.75) is 44.2 Å². The zero-order valence-electron chi connectivity index (χ0n) is 13.4. The molecule has 1 aliphatic carbocycles. The Hall–Kier alpha value is -2.04. The third-order valence-electron chi connectivity index (χ3n) is 4.95. The van der Waals surface area contributed by atoms with Gasteiger partial charge in [0.2, 0.25) is 0 Å². The van der Waals surface area contributed by atoms with E-state index in [2.05, 4.69) is 0 Å². The average Bonchev–Trinajstić information content (AvgIpc) is 2.99. The SMILES string of the molecule is COC(=O)[C@H]1C[C@@H]2CCCC[C@@H]2N1C(=O)COc1ccccc1. The van der Waals surface area contributed by atoms with E-state index in [0.717, 1.165) is 19.3 Å². The number of para-hydroxylation sites is 1. The normalized spacial score (nSPS) is 26.5. The van der Waals surface area contributed by atoms with Gasteiger partial charge in [0.1, 0.15) is 11.8 Å². The summed E-state index contributed by atoms with van der Waals surface area (Å²) in [6.07, 6.45) is 5.06. The van der Waals surface area contributed by atoms with Gasteiger partial charge in [0, 0.05) is 6.04 Å². The van der Waals surface area contributed by atoms with E-state index in [9.17, 15) is 9.59 Å². The molecule has 1 aliphatic heterocycles. The second-order valence-electron chi connectivity index (χ2n) is 6.29. The summed E-state index contributed by atoms with van der Waals surface area (Å²) >= 11 is 0. The summed E-state index contributed by atoms with van der Waals surface area (Å²) in [5.41, 5.74) is 0. The molecule has 5 nitrogen and oxygen atoms in total. The van der Waals surface area contributed by atoms with Crippen LogP contribution in [0, 0.1) is 5.92 Å². The summed E-state index contributed by atoms with van der Waals surface area (Å²) in [5.74, 6) is 0.634. The minimum Gasteiger partial charge on any atom is -0.484 e. The molecular formula is C18H23NO4. The monoisotopic (exact) mass is 317 g/mol. The Morgan fingerprint density at radius 2 is 1.91 bits per heavy atom. The molecule has 1 saturated carbocycles. The number of benzene rings is 1. The fourth-order valence-corrected chi connectivity index (χ4v) is 3.90. The first-order valence-electron chi connectivity index (χ1n) is 8.27. The summed E-state index contributed by atoms with van der Waals surface area (Å²) in [5, 5.41) is 0. The number of esters is 1. The second-order valence-corrected chi connectivity index (χ2v) is 6.29. The summed E-state index contributed by atoms with van der Waals surface area (Å²) in [6.45, 7) is -0.0409. The smallest absolute Gasteiger partial charge is 0.328 e. The largest absolute Gasteiger partial charge is 0.484 e. The predicted molar refractivity (Wildman–Crippen MR) is 85.0 cm³/mol. The highest BCUT2D eigenvalue weighted by Gasteiger charge is 2.47. The molecular weight excluding hydrogens is 294 g/mol. The Balaban J connectivity index is 1.70. The van der Waals surface area contributed by atoms with E-state index in [-0.39, 0.29) is 24.5 Å². The van der Waals surface area contributed by atoms with Gasteiger partial charge < -0.3 is 14.4 Å². The minimum absolute atomic E-state index is 0.0409. The second kappa shape index (κ2) is 7.02. The lowest BCUT2D eigenvalue weighted by Gasteiger charge is -2.33. The van der Waals surface area contributed by atoms with Crippen molar-refractivity contribution in [3.05, 3.63) is 30.3 Å². The Bertz CT molecular complexity index is 559. The van der Waals surface area contributed by atoms with Crippen molar-refractivity contribution >= 4 is 11.9 Å². The molecule has 1 amide bonds. The number of methoxy groups -OCH3 is 1. The Morgan fingerprint density at radius 1 is 1.17 bits per heavy atom. The first-order chi connectivity index (χ1) is 11.2. The Morgan fingerprint density at radius 3 is 2.65 bits per heavy atom. The Labute approximate surface area is 136 Å². The maximum atomic E-state index is 12.7. The highest BCUT2D eigenvalue weighted by Crippen LogP contribution is 2.40. The van der Waals surface area contributed by atoms with E-state index >= 15 is 0 Å². The molecule has 1 saturated heterocycles. The molecule has 0 unspecified atom stereocenters. The number of likely N-dealkylation sites (tertiary alicyclic amines) is 1. The topological polar surface area (TPSA) is 55.8 Å². The van der Waals surface area contributed by atoms with Gasteiger partial charge >= 0.3 is 5.97 Å². The molecule has 124 valence electrons. The maximum absolute atomic E-state index is 12.7. The molecule has 0 aromatic heterocycles. The van der Waals surface area contributed by atoms with Crippen LogP contribution in [0.25, 0.3) is 0 Å². The lowest BCUT2D eigenvalue weighted by molar-refractivity contribution is -0.153. The van der Waals surface area contributed by atoms with Crippen LogP contribution in [0.5, 0.6) is 5.75 Å². The van der Waals surface area contributed by atoms with Gasteiger partial charge in [-0.15, -0.1) is 0 Å². The minimum atomic E-state index is -0.458. The molecule has 0 spiro atoms. The number of ether oxygens (including phenoxy) is 2. The van der Waals surface area contributed by atoms with Gasteiger partial charge in [0.25, 0.3) is 5.91 Å². The van der Waals surface area contributed by atoms with Crippen LogP contribution in [0.15, 0.2) is 30.3 Å². The van der Waals surface area contributed by atoms with E-state index in [0.29, 0.717) is 18.1 Å². The predicted octanol–water partition coefficient (Wildman–Crippen LogP) is 2.40. The quantitative estimate of drug-likeness (QED) is 0.800. The third kappa shape index (κ3) is 3.33. The number of carbonyl (C=O) groups is 2. The molecule has 3 rings (SSSR count). The van der Waals surface area contributed by atoms with Crippen LogP contribution < -0.4 is 4.74 Å². The molecule has 3 atom stereocenters. The first-order valence-corrected chi connectivity index (χ1v) is 8.27. The van der Waals surface area contributed by atoms with Gasteiger partial charge in [-0.3, -0.25) is 4.79 Å². The molecule has 1 aromatic carbocycles. The third-order valence-corrected chi connectivity index (χ3v) is 4.95. The first kappa shape index (κ1) is 15.8. The van der Waals surface area contributed by atoms with Gasteiger partial charge in [-0.1, -0.05) is 31.0 Å². The molecule has 1 heterocycles. The number of rotatable bonds is 4. The van der Waals surface area contributed by atoms with E-state index in [4.69, 9.17) is 9.47 Å². The zero-order valence-corrected chi connectivity index (χ0v) is 13.4. The number of carbonyl (C=O) groups excluding carboxylic acids is 2. The highest BCUT2D eigenvalue weighted by atomic mass is 16.5. The van der Waals surface area contributed by atoms with E-state index in [1.54, 1.807) is 4.90 Å². The Kier molecular flexibility index (Phi) is 4.84. The lowest BCUT2D eigenvalue weighted by Crippen LogP contribution is -2.48. The van der Waals surface area contributed by atoms with Crippen molar-refractivity contribution in [1.29, 1.82) is 0 Å². The van der Waals surface area contributed by atoms with E-state index in [1.165, 1.54) is 13.5 Å². The van der Waals surface area contributed by atoms with Crippen LogP contribution in [0.4, 0.5) is 0 Å². The van der Waals surface area contributed by atoms with Gasteiger partial charge in [0.05, 0.1) is 7.11 Å². The lowest BCUT2D eigenvalue weighted by atomic mass is 9.85. The number of hydrogen-bond acceptors (Lipinski definition) is 4. The highest BCUT2D eigenvalue weighted by molar-refractivity contribution is 5.86. The fourth-order valence-electron chi connectivity index (χ4n) is 3.90. The van der Waals surface area contributed by atoms with Gasteiger partial charge in [-0.2, -0.15) is 0 Å². The molecule has 23 heavy (non-hydrogen) atoms.